The highest BCUT2D eigenvalue weighted by molar-refractivity contribution is 6.43. The zero-order chi connectivity index (χ0) is 15.8. The number of allylic oxidation sites excluding steroid dienone is 1. The first-order valence-electron chi connectivity index (χ1n) is 7.47. The molecule has 0 N–H and O–H groups in total. The average molecular weight is 325 g/mol. The van der Waals surface area contributed by atoms with Crippen molar-refractivity contribution in [3.8, 4) is 0 Å². The van der Waals surface area contributed by atoms with Crippen LogP contribution in [-0.4, -0.2) is 5.78 Å². The van der Waals surface area contributed by atoms with Crippen molar-refractivity contribution in [2.75, 3.05) is 0 Å². The van der Waals surface area contributed by atoms with E-state index < -0.39 is 0 Å². The molecule has 1 nitrogen and oxygen atoms in total. The number of hydrogen-bond acceptors (Lipinski definition) is 1. The van der Waals surface area contributed by atoms with Crippen molar-refractivity contribution < 1.29 is 4.79 Å². The molecule has 2 atom stereocenters. The number of carbonyl (C=O) groups excluding carboxylic acids is 1. The molecule has 1 aliphatic rings. The highest BCUT2D eigenvalue weighted by Crippen LogP contribution is 2.44. The first-order chi connectivity index (χ1) is 9.77. The van der Waals surface area contributed by atoms with Crippen LogP contribution in [0.4, 0.5) is 0 Å². The van der Waals surface area contributed by atoms with Gasteiger partial charge in [0, 0.05) is 5.41 Å². The SMILES string of the molecule is CC(C)[C@@]1(C)CC[C@@H](C)/C(=C\c2cccc(Cl)c2Cl)C1=O. The van der Waals surface area contributed by atoms with Crippen molar-refractivity contribution in [1.29, 1.82) is 0 Å². The molecule has 1 fully saturated rings. The molecule has 1 aromatic rings. The molecule has 0 radical (unpaired) electrons. The molecule has 2 rings (SSSR count). The Bertz CT molecular complexity index is 589. The fourth-order valence-electron chi connectivity index (χ4n) is 2.90. The monoisotopic (exact) mass is 324 g/mol. The van der Waals surface area contributed by atoms with Gasteiger partial charge in [0.25, 0.3) is 0 Å². The van der Waals surface area contributed by atoms with Gasteiger partial charge < -0.3 is 0 Å². The molecular formula is C18H22Cl2O. The molecule has 0 heterocycles. The minimum atomic E-state index is -0.274. The van der Waals surface area contributed by atoms with Gasteiger partial charge in [0.2, 0.25) is 0 Å². The van der Waals surface area contributed by atoms with Crippen LogP contribution < -0.4 is 0 Å². The molecule has 1 saturated carbocycles. The molecule has 1 aliphatic carbocycles. The van der Waals surface area contributed by atoms with Gasteiger partial charge in [0.1, 0.15) is 0 Å². The first-order valence-corrected chi connectivity index (χ1v) is 8.23. The Morgan fingerprint density at radius 1 is 1.33 bits per heavy atom. The standard InChI is InChI=1S/C18H22Cl2O/c1-11(2)18(4)9-8-12(3)14(17(18)21)10-13-6-5-7-15(19)16(13)20/h5-7,10-12H,8-9H2,1-4H3/b14-10+/t12-,18-/m1/s1. The Balaban J connectivity index is 2.47. The van der Waals surface area contributed by atoms with Crippen LogP contribution in [-0.2, 0) is 4.79 Å². The Hall–Kier alpha value is -0.790. The number of hydrogen-bond donors (Lipinski definition) is 0. The molecule has 0 saturated heterocycles. The maximum absolute atomic E-state index is 13.0. The molecular weight excluding hydrogens is 303 g/mol. The van der Waals surface area contributed by atoms with Gasteiger partial charge in [0.15, 0.2) is 5.78 Å². The predicted octanol–water partition coefficient (Wildman–Crippen LogP) is 6.04. The molecule has 0 aromatic heterocycles. The van der Waals surface area contributed by atoms with Crippen molar-refractivity contribution in [1.82, 2.24) is 0 Å². The summed E-state index contributed by atoms with van der Waals surface area (Å²) in [4.78, 5) is 13.0. The summed E-state index contributed by atoms with van der Waals surface area (Å²) in [6, 6.07) is 5.53. The maximum atomic E-state index is 13.0. The van der Waals surface area contributed by atoms with Gasteiger partial charge in [-0.25, -0.2) is 0 Å². The van der Waals surface area contributed by atoms with Gasteiger partial charge >= 0.3 is 0 Å². The Morgan fingerprint density at radius 2 is 2.00 bits per heavy atom. The second-order valence-corrected chi connectivity index (χ2v) is 7.37. The van der Waals surface area contributed by atoms with Crippen LogP contribution in [0.15, 0.2) is 23.8 Å². The van der Waals surface area contributed by atoms with Gasteiger partial charge in [-0.1, -0.05) is 63.0 Å². The third-order valence-electron chi connectivity index (χ3n) is 4.98. The van der Waals surface area contributed by atoms with Crippen LogP contribution in [0.5, 0.6) is 0 Å². The van der Waals surface area contributed by atoms with E-state index in [0.717, 1.165) is 24.0 Å². The lowest BCUT2D eigenvalue weighted by molar-refractivity contribution is -0.129. The molecule has 0 unspecified atom stereocenters. The van der Waals surface area contributed by atoms with Crippen LogP contribution in [0.2, 0.25) is 10.0 Å². The normalized spacial score (nSPS) is 28.4. The van der Waals surface area contributed by atoms with Crippen molar-refractivity contribution >= 4 is 35.1 Å². The second-order valence-electron chi connectivity index (χ2n) is 6.58. The predicted molar refractivity (Wildman–Crippen MR) is 90.8 cm³/mol. The zero-order valence-electron chi connectivity index (χ0n) is 13.0. The van der Waals surface area contributed by atoms with Crippen molar-refractivity contribution in [2.45, 2.75) is 40.5 Å². The minimum Gasteiger partial charge on any atom is -0.294 e. The topological polar surface area (TPSA) is 17.1 Å². The van der Waals surface area contributed by atoms with E-state index in [1.54, 1.807) is 6.07 Å². The number of benzene rings is 1. The van der Waals surface area contributed by atoms with Crippen LogP contribution in [0, 0.1) is 17.3 Å². The number of carbonyl (C=O) groups is 1. The van der Waals surface area contributed by atoms with E-state index >= 15 is 0 Å². The molecule has 0 bridgehead atoms. The number of Topliss-reactive ketones (excluding diaryl/α,β-unsaturated/α-hetero) is 1. The second kappa shape index (κ2) is 6.14. The molecule has 0 spiro atoms. The van der Waals surface area contributed by atoms with Gasteiger partial charge in [-0.05, 0) is 48.0 Å². The van der Waals surface area contributed by atoms with E-state index in [1.807, 2.05) is 18.2 Å². The van der Waals surface area contributed by atoms with Gasteiger partial charge in [-0.3, -0.25) is 4.79 Å². The summed E-state index contributed by atoms with van der Waals surface area (Å²) in [6.45, 7) is 8.44. The number of ketones is 1. The van der Waals surface area contributed by atoms with Gasteiger partial charge in [0.05, 0.1) is 10.0 Å². The summed E-state index contributed by atoms with van der Waals surface area (Å²) < 4.78 is 0. The summed E-state index contributed by atoms with van der Waals surface area (Å²) in [5.74, 6) is 0.849. The molecule has 0 aliphatic heterocycles. The van der Waals surface area contributed by atoms with E-state index in [1.165, 1.54) is 0 Å². The number of rotatable bonds is 2. The lowest BCUT2D eigenvalue weighted by Gasteiger charge is -2.39. The summed E-state index contributed by atoms with van der Waals surface area (Å²) >= 11 is 12.3. The van der Waals surface area contributed by atoms with Crippen molar-refractivity contribution in [3.05, 3.63) is 39.4 Å². The lowest BCUT2D eigenvalue weighted by Crippen LogP contribution is -2.40. The molecule has 0 amide bonds. The lowest BCUT2D eigenvalue weighted by atomic mass is 9.63. The summed E-state index contributed by atoms with van der Waals surface area (Å²) in [5, 5.41) is 1.04. The van der Waals surface area contributed by atoms with Gasteiger partial charge in [-0.2, -0.15) is 0 Å². The smallest absolute Gasteiger partial charge is 0.165 e. The average Bonchev–Trinajstić information content (AvgIpc) is 2.43. The van der Waals surface area contributed by atoms with E-state index in [2.05, 4.69) is 27.7 Å². The summed E-state index contributed by atoms with van der Waals surface area (Å²) in [7, 11) is 0. The minimum absolute atomic E-state index is 0.257. The van der Waals surface area contributed by atoms with Crippen LogP contribution in [0.25, 0.3) is 6.08 Å². The Kier molecular flexibility index (Phi) is 4.85. The quantitative estimate of drug-likeness (QED) is 0.606. The van der Waals surface area contributed by atoms with E-state index in [9.17, 15) is 4.79 Å². The summed E-state index contributed by atoms with van der Waals surface area (Å²) in [6.07, 6.45) is 3.91. The van der Waals surface area contributed by atoms with Crippen LogP contribution in [0.1, 0.15) is 46.1 Å². The zero-order valence-corrected chi connectivity index (χ0v) is 14.6. The third-order valence-corrected chi connectivity index (χ3v) is 5.81. The van der Waals surface area contributed by atoms with Crippen LogP contribution in [0.3, 0.4) is 0 Å². The highest BCUT2D eigenvalue weighted by atomic mass is 35.5. The van der Waals surface area contributed by atoms with E-state index in [4.69, 9.17) is 23.2 Å². The van der Waals surface area contributed by atoms with Crippen molar-refractivity contribution in [3.63, 3.8) is 0 Å². The fourth-order valence-corrected chi connectivity index (χ4v) is 3.26. The molecule has 114 valence electrons. The number of halogens is 2. The summed E-state index contributed by atoms with van der Waals surface area (Å²) in [5.41, 5.74) is 1.43. The molecule has 3 heteroatoms. The third kappa shape index (κ3) is 3.05. The largest absolute Gasteiger partial charge is 0.294 e. The fraction of sp³-hybridized carbons (Fsp3) is 0.500. The molecule has 21 heavy (non-hydrogen) atoms. The Labute approximate surface area is 137 Å². The molecule has 1 aromatic carbocycles. The van der Waals surface area contributed by atoms with Crippen LogP contribution >= 0.6 is 23.2 Å². The van der Waals surface area contributed by atoms with Crippen molar-refractivity contribution in [2.24, 2.45) is 17.3 Å². The highest BCUT2D eigenvalue weighted by Gasteiger charge is 2.42. The Morgan fingerprint density at radius 3 is 2.62 bits per heavy atom. The maximum Gasteiger partial charge on any atom is 0.165 e. The van der Waals surface area contributed by atoms with Gasteiger partial charge in [-0.15, -0.1) is 0 Å². The first kappa shape index (κ1) is 16.6. The van der Waals surface area contributed by atoms with E-state index in [0.29, 0.717) is 16.0 Å². The van der Waals surface area contributed by atoms with E-state index in [-0.39, 0.29) is 17.1 Å².